The lowest BCUT2D eigenvalue weighted by molar-refractivity contribution is 0.0793. The number of nitrogens with two attached hydrogens (primary N) is 1. The highest BCUT2D eigenvalue weighted by molar-refractivity contribution is 7.80. The van der Waals surface area contributed by atoms with Crippen LogP contribution in [0.4, 0.5) is 5.69 Å². The topological polar surface area (TPSA) is 58.4 Å². The summed E-state index contributed by atoms with van der Waals surface area (Å²) >= 11 is 4.77. The van der Waals surface area contributed by atoms with Crippen LogP contribution in [0.25, 0.3) is 0 Å². The van der Waals surface area contributed by atoms with Crippen molar-refractivity contribution >= 4 is 28.9 Å². The van der Waals surface area contributed by atoms with Gasteiger partial charge in [0.15, 0.2) is 5.11 Å². The van der Waals surface area contributed by atoms with Gasteiger partial charge in [-0.05, 0) is 43.3 Å². The molecule has 0 saturated carbocycles. The van der Waals surface area contributed by atoms with E-state index in [-0.39, 0.29) is 11.0 Å². The summed E-state index contributed by atoms with van der Waals surface area (Å²) in [5, 5.41) is 3.03. The maximum absolute atomic E-state index is 12.1. The van der Waals surface area contributed by atoms with Gasteiger partial charge in [0, 0.05) is 24.3 Å². The summed E-state index contributed by atoms with van der Waals surface area (Å²) < 4.78 is 0. The molecule has 1 aromatic carbocycles. The average molecular weight is 249 g/mol. The van der Waals surface area contributed by atoms with Gasteiger partial charge in [0.2, 0.25) is 0 Å². The molecule has 4 nitrogen and oxygen atoms in total. The van der Waals surface area contributed by atoms with E-state index >= 15 is 0 Å². The second kappa shape index (κ2) is 5.14. The Morgan fingerprint density at radius 1 is 1.35 bits per heavy atom. The number of nitrogens with one attached hydrogen (secondary N) is 1. The number of anilines is 1. The fourth-order valence-electron chi connectivity index (χ4n) is 1.98. The van der Waals surface area contributed by atoms with E-state index in [1.807, 2.05) is 23.1 Å². The minimum atomic E-state index is 0.0779. The number of amides is 1. The largest absolute Gasteiger partial charge is 0.376 e. The molecule has 0 bridgehead atoms. The highest BCUT2D eigenvalue weighted by atomic mass is 32.1. The molecule has 1 fully saturated rings. The summed E-state index contributed by atoms with van der Waals surface area (Å²) in [5.74, 6) is 0.0779. The van der Waals surface area contributed by atoms with Gasteiger partial charge in [-0.25, -0.2) is 0 Å². The van der Waals surface area contributed by atoms with E-state index in [0.717, 1.165) is 31.6 Å². The molecular formula is C12H15N3OS. The Kier molecular flexibility index (Phi) is 3.58. The van der Waals surface area contributed by atoms with E-state index < -0.39 is 0 Å². The molecule has 1 aromatic rings. The molecule has 90 valence electrons. The van der Waals surface area contributed by atoms with E-state index in [2.05, 4.69) is 5.32 Å². The Labute approximate surface area is 106 Å². The highest BCUT2D eigenvalue weighted by Crippen LogP contribution is 2.16. The third-order valence-corrected chi connectivity index (χ3v) is 2.87. The number of likely N-dealkylation sites (tertiary alicyclic amines) is 1. The second-order valence-electron chi connectivity index (χ2n) is 4.07. The Bertz CT molecular complexity index is 441. The third kappa shape index (κ3) is 2.94. The number of carbonyl (C=O) groups is 1. The van der Waals surface area contributed by atoms with E-state index in [9.17, 15) is 4.79 Å². The quantitative estimate of drug-likeness (QED) is 0.781. The molecule has 1 amide bonds. The summed E-state index contributed by atoms with van der Waals surface area (Å²) in [6.07, 6.45) is 2.19. The fourth-order valence-corrected chi connectivity index (χ4v) is 2.09. The molecule has 0 atom stereocenters. The third-order valence-electron chi connectivity index (χ3n) is 2.77. The summed E-state index contributed by atoms with van der Waals surface area (Å²) in [6.45, 7) is 1.71. The zero-order valence-corrected chi connectivity index (χ0v) is 10.3. The van der Waals surface area contributed by atoms with E-state index in [0.29, 0.717) is 5.56 Å². The van der Waals surface area contributed by atoms with Gasteiger partial charge in [0.05, 0.1) is 0 Å². The molecule has 1 heterocycles. The molecule has 0 spiro atoms. The minimum absolute atomic E-state index is 0.0779. The lowest BCUT2D eigenvalue weighted by Crippen LogP contribution is -2.27. The predicted molar refractivity (Wildman–Crippen MR) is 72.0 cm³/mol. The molecule has 1 aliphatic rings. The molecule has 0 aromatic heterocycles. The van der Waals surface area contributed by atoms with Crippen LogP contribution in [0.3, 0.4) is 0 Å². The van der Waals surface area contributed by atoms with Gasteiger partial charge in [-0.1, -0.05) is 6.07 Å². The summed E-state index contributed by atoms with van der Waals surface area (Å²) in [4.78, 5) is 14.0. The second-order valence-corrected chi connectivity index (χ2v) is 4.51. The first kappa shape index (κ1) is 11.9. The first-order chi connectivity index (χ1) is 8.16. The molecule has 0 radical (unpaired) electrons. The van der Waals surface area contributed by atoms with Gasteiger partial charge in [-0.3, -0.25) is 4.79 Å². The van der Waals surface area contributed by atoms with Gasteiger partial charge in [-0.2, -0.15) is 0 Å². The number of benzene rings is 1. The molecule has 3 N–H and O–H groups in total. The number of nitrogens with zero attached hydrogens (tertiary/aromatic N) is 1. The van der Waals surface area contributed by atoms with Crippen molar-refractivity contribution in [3.8, 4) is 0 Å². The molecule has 1 saturated heterocycles. The Hall–Kier alpha value is -1.62. The van der Waals surface area contributed by atoms with Crippen molar-refractivity contribution in [1.29, 1.82) is 0 Å². The fraction of sp³-hybridized carbons (Fsp3) is 0.333. The maximum atomic E-state index is 12.1. The Morgan fingerprint density at radius 2 is 2.06 bits per heavy atom. The van der Waals surface area contributed by atoms with Crippen molar-refractivity contribution in [3.63, 3.8) is 0 Å². The first-order valence-electron chi connectivity index (χ1n) is 5.62. The summed E-state index contributed by atoms with van der Waals surface area (Å²) in [7, 11) is 0. The summed E-state index contributed by atoms with van der Waals surface area (Å²) in [6, 6.07) is 7.25. The normalized spacial score (nSPS) is 14.7. The van der Waals surface area contributed by atoms with Crippen LogP contribution in [0.15, 0.2) is 24.3 Å². The van der Waals surface area contributed by atoms with Crippen LogP contribution in [-0.4, -0.2) is 29.0 Å². The van der Waals surface area contributed by atoms with Crippen LogP contribution < -0.4 is 11.1 Å². The minimum Gasteiger partial charge on any atom is -0.376 e. The molecule has 2 rings (SSSR count). The number of rotatable bonds is 2. The van der Waals surface area contributed by atoms with Gasteiger partial charge in [-0.15, -0.1) is 0 Å². The Balaban J connectivity index is 2.14. The number of hydrogen-bond acceptors (Lipinski definition) is 2. The van der Waals surface area contributed by atoms with Crippen LogP contribution in [-0.2, 0) is 0 Å². The maximum Gasteiger partial charge on any atom is 0.253 e. The predicted octanol–water partition coefficient (Wildman–Crippen LogP) is 1.58. The number of carbonyl (C=O) groups excluding carboxylic acids is 1. The van der Waals surface area contributed by atoms with E-state index in [1.165, 1.54) is 0 Å². The van der Waals surface area contributed by atoms with Crippen molar-refractivity contribution < 1.29 is 4.79 Å². The van der Waals surface area contributed by atoms with Gasteiger partial charge >= 0.3 is 0 Å². The van der Waals surface area contributed by atoms with Crippen molar-refractivity contribution in [2.75, 3.05) is 18.4 Å². The van der Waals surface area contributed by atoms with Crippen LogP contribution in [0.1, 0.15) is 23.2 Å². The van der Waals surface area contributed by atoms with E-state index in [4.69, 9.17) is 18.0 Å². The van der Waals surface area contributed by atoms with Crippen molar-refractivity contribution in [2.45, 2.75) is 12.8 Å². The van der Waals surface area contributed by atoms with Crippen LogP contribution >= 0.6 is 12.2 Å². The molecular weight excluding hydrogens is 234 g/mol. The standard InChI is InChI=1S/C12H15N3OS/c13-12(17)14-10-5-3-4-9(8-10)11(16)15-6-1-2-7-15/h3-5,8H,1-2,6-7H2,(H3,13,14,17). The molecule has 17 heavy (non-hydrogen) atoms. The molecule has 5 heteroatoms. The zero-order valence-electron chi connectivity index (χ0n) is 9.48. The molecule has 1 aliphatic heterocycles. The first-order valence-corrected chi connectivity index (χ1v) is 6.03. The van der Waals surface area contributed by atoms with E-state index in [1.54, 1.807) is 6.07 Å². The van der Waals surface area contributed by atoms with Gasteiger partial charge in [0.1, 0.15) is 0 Å². The monoisotopic (exact) mass is 249 g/mol. The highest BCUT2D eigenvalue weighted by Gasteiger charge is 2.19. The van der Waals surface area contributed by atoms with Crippen molar-refractivity contribution in [1.82, 2.24) is 4.90 Å². The van der Waals surface area contributed by atoms with Crippen molar-refractivity contribution in [3.05, 3.63) is 29.8 Å². The Morgan fingerprint density at radius 3 is 2.71 bits per heavy atom. The van der Waals surface area contributed by atoms with Gasteiger partial charge < -0.3 is 16.0 Å². The smallest absolute Gasteiger partial charge is 0.253 e. The van der Waals surface area contributed by atoms with Crippen LogP contribution in [0, 0.1) is 0 Å². The molecule has 0 aliphatic carbocycles. The average Bonchev–Trinajstić information content (AvgIpc) is 2.81. The summed E-state index contributed by atoms with van der Waals surface area (Å²) in [5.41, 5.74) is 6.82. The van der Waals surface area contributed by atoms with Gasteiger partial charge in [0.25, 0.3) is 5.91 Å². The number of thiocarbonyl (C=S) groups is 1. The van der Waals surface area contributed by atoms with Crippen LogP contribution in [0.5, 0.6) is 0 Å². The number of hydrogen-bond donors (Lipinski definition) is 2. The zero-order chi connectivity index (χ0) is 12.3. The van der Waals surface area contributed by atoms with Crippen molar-refractivity contribution in [2.24, 2.45) is 5.73 Å². The lowest BCUT2D eigenvalue weighted by Gasteiger charge is -2.15. The van der Waals surface area contributed by atoms with Crippen LogP contribution in [0.2, 0.25) is 0 Å². The SMILES string of the molecule is NC(=S)Nc1cccc(C(=O)N2CCCC2)c1. The molecule has 0 unspecified atom stereocenters. The lowest BCUT2D eigenvalue weighted by atomic mass is 10.2.